The number of carbonyl (C=O) groups is 1. The molecule has 25 heavy (non-hydrogen) atoms. The van der Waals surface area contributed by atoms with Gasteiger partial charge in [-0.05, 0) is 17.7 Å². The van der Waals surface area contributed by atoms with E-state index in [2.05, 4.69) is 38.1 Å². The topological polar surface area (TPSA) is 56.7 Å². The monoisotopic (exact) mass is 420 g/mol. The summed E-state index contributed by atoms with van der Waals surface area (Å²) in [5.41, 5.74) is -0.715. The standard InChI is InChI=1S/C16H20BrF3N4O/c1-4-7-21-15(23-10-14(25)24(2)3)22-9-11-5-6-12(17)8-13(11)16(18,19)20/h4-6,8H,1,7,9-10H2,2-3H3,(H2,21,22,23). The van der Waals surface area contributed by atoms with Gasteiger partial charge < -0.3 is 15.5 Å². The van der Waals surface area contributed by atoms with Crippen LogP contribution >= 0.6 is 15.9 Å². The minimum Gasteiger partial charge on any atom is -0.353 e. The Balaban J connectivity index is 2.95. The smallest absolute Gasteiger partial charge is 0.353 e. The van der Waals surface area contributed by atoms with Gasteiger partial charge in [-0.15, -0.1) is 6.58 Å². The molecule has 5 nitrogen and oxygen atoms in total. The largest absolute Gasteiger partial charge is 0.416 e. The first-order valence-electron chi connectivity index (χ1n) is 7.34. The van der Waals surface area contributed by atoms with E-state index in [1.54, 1.807) is 20.2 Å². The molecule has 0 radical (unpaired) electrons. The van der Waals surface area contributed by atoms with Crippen LogP contribution in [0.25, 0.3) is 0 Å². The van der Waals surface area contributed by atoms with Gasteiger partial charge in [0, 0.05) is 25.1 Å². The summed E-state index contributed by atoms with van der Waals surface area (Å²) in [6, 6.07) is 3.91. The molecule has 1 amide bonds. The molecule has 0 heterocycles. The predicted octanol–water partition coefficient (Wildman–Crippen LogP) is 2.78. The van der Waals surface area contributed by atoms with E-state index in [1.807, 2.05) is 0 Å². The van der Waals surface area contributed by atoms with Crippen LogP contribution in [-0.4, -0.2) is 44.0 Å². The first-order valence-corrected chi connectivity index (χ1v) is 8.13. The van der Waals surface area contributed by atoms with Crippen LogP contribution in [0.2, 0.25) is 0 Å². The zero-order chi connectivity index (χ0) is 19.0. The van der Waals surface area contributed by atoms with Gasteiger partial charge in [0.1, 0.15) is 0 Å². The molecule has 1 aromatic rings. The van der Waals surface area contributed by atoms with Gasteiger partial charge in [-0.3, -0.25) is 4.79 Å². The summed E-state index contributed by atoms with van der Waals surface area (Å²) in [5, 5.41) is 5.65. The van der Waals surface area contributed by atoms with E-state index in [4.69, 9.17) is 0 Å². The molecular weight excluding hydrogens is 401 g/mol. The maximum absolute atomic E-state index is 13.1. The van der Waals surface area contributed by atoms with E-state index < -0.39 is 11.7 Å². The number of alkyl halides is 3. The fourth-order valence-corrected chi connectivity index (χ4v) is 2.14. The van der Waals surface area contributed by atoms with Gasteiger partial charge in [-0.1, -0.05) is 28.1 Å². The predicted molar refractivity (Wildman–Crippen MR) is 95.2 cm³/mol. The number of aliphatic imine (C=N–C) groups is 1. The molecule has 9 heteroatoms. The second kappa shape index (κ2) is 9.45. The SMILES string of the molecule is C=CCNC(=NCc1ccc(Br)cc1C(F)(F)F)NCC(=O)N(C)C. The third kappa shape index (κ3) is 7.16. The molecule has 0 fully saturated rings. The van der Waals surface area contributed by atoms with Crippen LogP contribution in [0.4, 0.5) is 13.2 Å². The van der Waals surface area contributed by atoms with Crippen LogP contribution in [0.3, 0.4) is 0 Å². The molecule has 0 aromatic heterocycles. The Bertz CT molecular complexity index is 645. The number of likely N-dealkylation sites (N-methyl/N-ethyl adjacent to an activating group) is 1. The minimum absolute atomic E-state index is 0.0254. The van der Waals surface area contributed by atoms with Crippen molar-refractivity contribution in [2.75, 3.05) is 27.2 Å². The summed E-state index contributed by atoms with van der Waals surface area (Å²) < 4.78 is 39.7. The second-order valence-electron chi connectivity index (χ2n) is 5.28. The van der Waals surface area contributed by atoms with Gasteiger partial charge in [-0.2, -0.15) is 13.2 Å². The number of nitrogens with one attached hydrogen (secondary N) is 2. The van der Waals surface area contributed by atoms with Crippen molar-refractivity contribution in [3.8, 4) is 0 Å². The molecule has 0 aliphatic carbocycles. The first-order chi connectivity index (χ1) is 11.6. The molecule has 0 bridgehead atoms. The third-order valence-corrected chi connectivity index (χ3v) is 3.60. The second-order valence-corrected chi connectivity index (χ2v) is 6.19. The van der Waals surface area contributed by atoms with Crippen molar-refractivity contribution >= 4 is 27.8 Å². The third-order valence-electron chi connectivity index (χ3n) is 3.10. The van der Waals surface area contributed by atoms with Crippen molar-refractivity contribution in [1.29, 1.82) is 0 Å². The molecule has 138 valence electrons. The fourth-order valence-electron chi connectivity index (χ4n) is 1.78. The molecular formula is C16H20BrF3N4O. The van der Waals surface area contributed by atoms with E-state index in [-0.39, 0.29) is 30.5 Å². The first kappa shape index (κ1) is 21.0. The number of amides is 1. The molecule has 0 aliphatic rings. The Morgan fingerprint density at radius 2 is 2.04 bits per heavy atom. The molecule has 0 spiro atoms. The van der Waals surface area contributed by atoms with Crippen LogP contribution in [0.15, 0.2) is 40.3 Å². The van der Waals surface area contributed by atoms with Crippen molar-refractivity contribution in [3.05, 3.63) is 46.5 Å². The number of rotatable bonds is 6. The highest BCUT2D eigenvalue weighted by molar-refractivity contribution is 9.10. The summed E-state index contributed by atoms with van der Waals surface area (Å²) >= 11 is 3.04. The van der Waals surface area contributed by atoms with E-state index in [0.29, 0.717) is 11.0 Å². The number of hydrogen-bond acceptors (Lipinski definition) is 2. The van der Waals surface area contributed by atoms with Crippen molar-refractivity contribution in [2.24, 2.45) is 4.99 Å². The molecule has 0 aliphatic heterocycles. The average molecular weight is 421 g/mol. The number of hydrogen-bond donors (Lipinski definition) is 2. The van der Waals surface area contributed by atoms with Crippen LogP contribution in [0.5, 0.6) is 0 Å². The summed E-state index contributed by atoms with van der Waals surface area (Å²) in [6.07, 6.45) is -2.90. The highest BCUT2D eigenvalue weighted by Crippen LogP contribution is 2.34. The summed E-state index contributed by atoms with van der Waals surface area (Å²) in [7, 11) is 3.21. The number of carbonyl (C=O) groups excluding carboxylic acids is 1. The molecule has 0 saturated heterocycles. The summed E-state index contributed by atoms with van der Waals surface area (Å²) in [4.78, 5) is 17.1. The van der Waals surface area contributed by atoms with Gasteiger partial charge in [0.25, 0.3) is 0 Å². The van der Waals surface area contributed by atoms with Crippen LogP contribution in [0.1, 0.15) is 11.1 Å². The molecule has 0 atom stereocenters. The maximum atomic E-state index is 13.1. The Morgan fingerprint density at radius 1 is 1.36 bits per heavy atom. The van der Waals surface area contributed by atoms with Gasteiger partial charge in [0.05, 0.1) is 18.7 Å². The van der Waals surface area contributed by atoms with Crippen LogP contribution in [-0.2, 0) is 17.5 Å². The van der Waals surface area contributed by atoms with Crippen molar-refractivity contribution in [2.45, 2.75) is 12.7 Å². The van der Waals surface area contributed by atoms with Gasteiger partial charge in [-0.25, -0.2) is 4.99 Å². The highest BCUT2D eigenvalue weighted by atomic mass is 79.9. The lowest BCUT2D eigenvalue weighted by atomic mass is 10.1. The van der Waals surface area contributed by atoms with E-state index in [0.717, 1.165) is 6.07 Å². The Hall–Kier alpha value is -2.03. The minimum atomic E-state index is -4.47. The molecule has 2 N–H and O–H groups in total. The quantitative estimate of drug-likeness (QED) is 0.422. The molecule has 1 aromatic carbocycles. The lowest BCUT2D eigenvalue weighted by Gasteiger charge is -2.15. The van der Waals surface area contributed by atoms with Crippen molar-refractivity contribution in [1.82, 2.24) is 15.5 Å². The van der Waals surface area contributed by atoms with Gasteiger partial charge >= 0.3 is 6.18 Å². The Labute approximate surface area is 153 Å². The normalized spacial score (nSPS) is 11.8. The Morgan fingerprint density at radius 3 is 2.60 bits per heavy atom. The van der Waals surface area contributed by atoms with Crippen LogP contribution in [0, 0.1) is 0 Å². The van der Waals surface area contributed by atoms with Crippen molar-refractivity contribution < 1.29 is 18.0 Å². The summed E-state index contributed by atoms with van der Waals surface area (Å²) in [6.45, 7) is 3.70. The van der Waals surface area contributed by atoms with Gasteiger partial charge in [0.2, 0.25) is 5.91 Å². The van der Waals surface area contributed by atoms with Crippen molar-refractivity contribution in [3.63, 3.8) is 0 Å². The highest BCUT2D eigenvalue weighted by Gasteiger charge is 2.33. The molecule has 0 unspecified atom stereocenters. The van der Waals surface area contributed by atoms with Gasteiger partial charge in [0.15, 0.2) is 5.96 Å². The number of benzene rings is 1. The molecule has 1 rings (SSSR count). The van der Waals surface area contributed by atoms with Crippen LogP contribution < -0.4 is 10.6 Å². The zero-order valence-corrected chi connectivity index (χ0v) is 15.5. The average Bonchev–Trinajstić information content (AvgIpc) is 2.53. The fraction of sp³-hybridized carbons (Fsp3) is 0.375. The maximum Gasteiger partial charge on any atom is 0.416 e. The zero-order valence-electron chi connectivity index (χ0n) is 14.0. The van der Waals surface area contributed by atoms with E-state index in [1.165, 1.54) is 17.0 Å². The van der Waals surface area contributed by atoms with E-state index >= 15 is 0 Å². The lowest BCUT2D eigenvalue weighted by Crippen LogP contribution is -2.43. The Kier molecular flexibility index (Phi) is 7.95. The number of guanidine groups is 1. The number of halogens is 4. The van der Waals surface area contributed by atoms with E-state index in [9.17, 15) is 18.0 Å². The summed E-state index contributed by atoms with van der Waals surface area (Å²) in [5.74, 6) is 0.0406. The lowest BCUT2D eigenvalue weighted by molar-refractivity contribution is -0.138. The molecule has 0 saturated carbocycles. The number of nitrogens with zero attached hydrogens (tertiary/aromatic N) is 2.